The predicted molar refractivity (Wildman–Crippen MR) is 136 cm³/mol. The molecule has 0 aliphatic heterocycles. The maximum Gasteiger partial charge on any atom is 0.413 e. The zero-order valence-electron chi connectivity index (χ0n) is 19.9. The number of methoxy groups -OCH3 is 2. The Hall–Kier alpha value is -4.72. The molecule has 0 aromatic heterocycles. The van der Waals surface area contributed by atoms with Crippen LogP contribution in [0.3, 0.4) is 0 Å². The summed E-state index contributed by atoms with van der Waals surface area (Å²) < 4.78 is 22.4. The molecule has 2 N–H and O–H groups in total. The number of fused-ring (bicyclic) bond motifs is 1. The third-order valence-electron chi connectivity index (χ3n) is 5.39. The average Bonchev–Trinajstić information content (AvgIpc) is 2.92. The Morgan fingerprint density at radius 2 is 0.917 bits per heavy atom. The van der Waals surface area contributed by atoms with Gasteiger partial charge in [-0.1, -0.05) is 84.9 Å². The second kappa shape index (κ2) is 11.6. The van der Waals surface area contributed by atoms with E-state index in [0.717, 1.165) is 11.1 Å². The Morgan fingerprint density at radius 1 is 0.556 bits per heavy atom. The molecular weight excluding hydrogens is 460 g/mol. The lowest BCUT2D eigenvalue weighted by atomic mass is 10.1. The predicted octanol–water partition coefficient (Wildman–Crippen LogP) is 5.43. The van der Waals surface area contributed by atoms with Crippen LogP contribution in [0.5, 0.6) is 23.0 Å². The largest absolute Gasteiger partial charge is 0.490 e. The molecule has 0 aliphatic carbocycles. The number of nitrogens with one attached hydrogen (secondary N) is 2. The van der Waals surface area contributed by atoms with Gasteiger partial charge in [0.15, 0.2) is 11.5 Å². The van der Waals surface area contributed by atoms with Crippen molar-refractivity contribution in [2.75, 3.05) is 14.2 Å². The average molecular weight is 487 g/mol. The highest BCUT2D eigenvalue weighted by molar-refractivity contribution is 6.01. The standard InChI is InChI=1S/C28H26N2O6/c1-33-25-23(35-27(31)29-17-19-11-5-3-6-12-19)21-15-9-10-16-22(21)24(26(25)34-2)36-28(32)30-18-20-13-7-4-8-14-20/h3-16H,17-18H2,1-2H3,(H,29,31)(H,30,32). The summed E-state index contributed by atoms with van der Waals surface area (Å²) in [5.74, 6) is 0.536. The summed E-state index contributed by atoms with van der Waals surface area (Å²) in [7, 11) is 2.83. The lowest BCUT2D eigenvalue weighted by Crippen LogP contribution is -2.27. The molecule has 0 saturated carbocycles. The third-order valence-corrected chi connectivity index (χ3v) is 5.39. The Labute approximate surface area is 208 Å². The number of carbonyl (C=O) groups excluding carboxylic acids is 2. The van der Waals surface area contributed by atoms with Crippen LogP contribution < -0.4 is 29.6 Å². The molecule has 8 heteroatoms. The molecule has 0 unspecified atom stereocenters. The highest BCUT2D eigenvalue weighted by Crippen LogP contribution is 2.51. The topological polar surface area (TPSA) is 95.1 Å². The lowest BCUT2D eigenvalue weighted by Gasteiger charge is -2.19. The molecule has 4 aromatic carbocycles. The minimum Gasteiger partial charge on any atom is -0.490 e. The van der Waals surface area contributed by atoms with E-state index in [0.29, 0.717) is 23.9 Å². The quantitative estimate of drug-likeness (QED) is 0.345. The van der Waals surface area contributed by atoms with E-state index in [1.54, 1.807) is 24.3 Å². The molecule has 4 rings (SSSR count). The number of hydrogen-bond acceptors (Lipinski definition) is 6. The molecule has 0 radical (unpaired) electrons. The van der Waals surface area contributed by atoms with Crippen molar-refractivity contribution in [1.29, 1.82) is 0 Å². The van der Waals surface area contributed by atoms with E-state index in [9.17, 15) is 9.59 Å². The Balaban J connectivity index is 1.61. The second-order valence-corrected chi connectivity index (χ2v) is 7.73. The molecule has 36 heavy (non-hydrogen) atoms. The van der Waals surface area contributed by atoms with Gasteiger partial charge < -0.3 is 29.6 Å². The monoisotopic (exact) mass is 486 g/mol. The molecule has 0 atom stereocenters. The minimum atomic E-state index is -0.668. The van der Waals surface area contributed by atoms with E-state index in [4.69, 9.17) is 18.9 Å². The zero-order chi connectivity index (χ0) is 25.3. The van der Waals surface area contributed by atoms with Gasteiger partial charge in [0.05, 0.1) is 14.2 Å². The fraction of sp³-hybridized carbons (Fsp3) is 0.143. The summed E-state index contributed by atoms with van der Waals surface area (Å²) in [4.78, 5) is 25.3. The van der Waals surface area contributed by atoms with Gasteiger partial charge in [0, 0.05) is 23.9 Å². The van der Waals surface area contributed by atoms with Crippen molar-refractivity contribution in [2.24, 2.45) is 0 Å². The van der Waals surface area contributed by atoms with Gasteiger partial charge in [-0.2, -0.15) is 0 Å². The van der Waals surface area contributed by atoms with E-state index >= 15 is 0 Å². The van der Waals surface area contributed by atoms with Gasteiger partial charge in [-0.3, -0.25) is 0 Å². The first-order valence-corrected chi connectivity index (χ1v) is 11.3. The molecule has 4 aromatic rings. The molecule has 184 valence electrons. The Morgan fingerprint density at radius 3 is 1.28 bits per heavy atom. The zero-order valence-corrected chi connectivity index (χ0v) is 19.9. The normalized spacial score (nSPS) is 10.4. The molecule has 0 spiro atoms. The summed E-state index contributed by atoms with van der Waals surface area (Å²) in [5, 5.41) is 6.47. The summed E-state index contributed by atoms with van der Waals surface area (Å²) in [5.41, 5.74) is 1.85. The van der Waals surface area contributed by atoms with Crippen molar-refractivity contribution in [2.45, 2.75) is 13.1 Å². The highest BCUT2D eigenvalue weighted by atomic mass is 16.6. The minimum absolute atomic E-state index is 0.122. The number of hydrogen-bond donors (Lipinski definition) is 2. The number of carbonyl (C=O) groups is 2. The number of rotatable bonds is 8. The van der Waals surface area contributed by atoms with Crippen LogP contribution in [0.25, 0.3) is 10.8 Å². The molecule has 0 heterocycles. The molecule has 2 amide bonds. The van der Waals surface area contributed by atoms with Crippen LogP contribution in [0.15, 0.2) is 84.9 Å². The Bertz CT molecular complexity index is 1240. The van der Waals surface area contributed by atoms with Gasteiger partial charge in [0.2, 0.25) is 11.5 Å². The van der Waals surface area contributed by atoms with Gasteiger partial charge >= 0.3 is 12.2 Å². The van der Waals surface area contributed by atoms with E-state index in [1.165, 1.54) is 14.2 Å². The van der Waals surface area contributed by atoms with Crippen LogP contribution in [-0.4, -0.2) is 26.4 Å². The van der Waals surface area contributed by atoms with Gasteiger partial charge in [0.25, 0.3) is 0 Å². The van der Waals surface area contributed by atoms with Gasteiger partial charge in [0.1, 0.15) is 0 Å². The lowest BCUT2D eigenvalue weighted by molar-refractivity contribution is 0.194. The summed E-state index contributed by atoms with van der Waals surface area (Å²) in [6.07, 6.45) is -1.34. The van der Waals surface area contributed by atoms with Crippen molar-refractivity contribution in [3.05, 3.63) is 96.1 Å². The van der Waals surface area contributed by atoms with Crippen molar-refractivity contribution >= 4 is 23.0 Å². The van der Waals surface area contributed by atoms with Crippen molar-refractivity contribution in [3.63, 3.8) is 0 Å². The maximum absolute atomic E-state index is 12.7. The van der Waals surface area contributed by atoms with Gasteiger partial charge in [-0.05, 0) is 11.1 Å². The first kappa shape index (κ1) is 24.4. The molecule has 0 saturated heterocycles. The van der Waals surface area contributed by atoms with Gasteiger partial charge in [-0.25, -0.2) is 9.59 Å². The van der Waals surface area contributed by atoms with Crippen LogP contribution in [0.1, 0.15) is 11.1 Å². The SMILES string of the molecule is COc1c(OC)c(OC(=O)NCc2ccccc2)c2ccccc2c1OC(=O)NCc1ccccc1. The van der Waals surface area contributed by atoms with Crippen molar-refractivity contribution in [3.8, 4) is 23.0 Å². The van der Waals surface area contributed by atoms with E-state index in [1.807, 2.05) is 60.7 Å². The second-order valence-electron chi connectivity index (χ2n) is 7.73. The van der Waals surface area contributed by atoms with E-state index in [-0.39, 0.29) is 23.0 Å². The van der Waals surface area contributed by atoms with Crippen LogP contribution in [0.2, 0.25) is 0 Å². The summed E-state index contributed by atoms with van der Waals surface area (Å²) >= 11 is 0. The summed E-state index contributed by atoms with van der Waals surface area (Å²) in [6.45, 7) is 0.583. The van der Waals surface area contributed by atoms with Crippen molar-refractivity contribution < 1.29 is 28.5 Å². The molecular formula is C28H26N2O6. The van der Waals surface area contributed by atoms with Crippen LogP contribution in [-0.2, 0) is 13.1 Å². The first-order chi connectivity index (χ1) is 17.6. The third kappa shape index (κ3) is 5.67. The number of amides is 2. The molecule has 0 fully saturated rings. The molecule has 0 bridgehead atoms. The molecule has 0 aliphatic rings. The first-order valence-electron chi connectivity index (χ1n) is 11.3. The van der Waals surface area contributed by atoms with Crippen LogP contribution >= 0.6 is 0 Å². The summed E-state index contributed by atoms with van der Waals surface area (Å²) in [6, 6.07) is 26.0. The van der Waals surface area contributed by atoms with E-state index in [2.05, 4.69) is 10.6 Å². The van der Waals surface area contributed by atoms with Crippen LogP contribution in [0.4, 0.5) is 9.59 Å². The smallest absolute Gasteiger partial charge is 0.413 e. The fourth-order valence-electron chi connectivity index (χ4n) is 3.70. The van der Waals surface area contributed by atoms with Crippen molar-refractivity contribution in [1.82, 2.24) is 10.6 Å². The van der Waals surface area contributed by atoms with Crippen LogP contribution in [0, 0.1) is 0 Å². The maximum atomic E-state index is 12.7. The van der Waals surface area contributed by atoms with Gasteiger partial charge in [-0.15, -0.1) is 0 Å². The highest BCUT2D eigenvalue weighted by Gasteiger charge is 2.26. The fourth-order valence-corrected chi connectivity index (χ4v) is 3.70. The Kier molecular flexibility index (Phi) is 7.87. The number of benzene rings is 4. The van der Waals surface area contributed by atoms with E-state index < -0.39 is 12.2 Å². The number of ether oxygens (including phenoxy) is 4. The molecule has 8 nitrogen and oxygen atoms in total.